The van der Waals surface area contributed by atoms with E-state index in [-0.39, 0.29) is 11.7 Å². The Bertz CT molecular complexity index is 765. The van der Waals surface area contributed by atoms with Gasteiger partial charge < -0.3 is 9.84 Å². The Morgan fingerprint density at radius 1 is 1.40 bits per heavy atom. The first-order valence-electron chi connectivity index (χ1n) is 8.49. The molecule has 0 bridgehead atoms. The minimum Gasteiger partial charge on any atom is -0.508 e. The van der Waals surface area contributed by atoms with Gasteiger partial charge in [0.15, 0.2) is 5.69 Å². The van der Waals surface area contributed by atoms with Gasteiger partial charge in [0, 0.05) is 37.3 Å². The third-order valence-electron chi connectivity index (χ3n) is 4.33. The molecule has 2 aromatic rings. The summed E-state index contributed by atoms with van der Waals surface area (Å²) < 4.78 is 7.02. The van der Waals surface area contributed by atoms with Crippen molar-refractivity contribution in [3.8, 4) is 5.75 Å². The molecule has 0 saturated heterocycles. The van der Waals surface area contributed by atoms with E-state index in [1.807, 2.05) is 16.8 Å². The Kier molecular flexibility index (Phi) is 5.19. The molecule has 6 heteroatoms. The maximum atomic E-state index is 12.3. The van der Waals surface area contributed by atoms with Crippen LogP contribution in [0.1, 0.15) is 34.2 Å². The van der Waals surface area contributed by atoms with E-state index in [1.165, 1.54) is 0 Å². The molecule has 2 heterocycles. The van der Waals surface area contributed by atoms with E-state index in [0.717, 1.165) is 36.3 Å². The molecule has 1 N–H and O–H groups in total. The lowest BCUT2D eigenvalue weighted by Crippen LogP contribution is -2.31. The van der Waals surface area contributed by atoms with Crippen LogP contribution in [-0.4, -0.2) is 38.9 Å². The van der Waals surface area contributed by atoms with Gasteiger partial charge in [0.1, 0.15) is 5.75 Å². The largest absolute Gasteiger partial charge is 0.508 e. The second kappa shape index (κ2) is 7.53. The lowest BCUT2D eigenvalue weighted by molar-refractivity contribution is 0.0515. The topological polar surface area (TPSA) is 67.6 Å². The van der Waals surface area contributed by atoms with Crippen LogP contribution in [0.15, 0.2) is 36.9 Å². The summed E-state index contributed by atoms with van der Waals surface area (Å²) in [6.07, 6.45) is 2.61. The molecule has 0 atom stereocenters. The first-order chi connectivity index (χ1) is 12.1. The molecule has 0 aliphatic carbocycles. The van der Waals surface area contributed by atoms with Gasteiger partial charge in [0.05, 0.1) is 13.2 Å². The van der Waals surface area contributed by atoms with Crippen molar-refractivity contribution in [1.29, 1.82) is 0 Å². The van der Waals surface area contributed by atoms with Gasteiger partial charge in [-0.25, -0.2) is 4.79 Å². The Balaban J connectivity index is 1.83. The number of esters is 1. The molecule has 0 amide bonds. The third kappa shape index (κ3) is 3.74. The van der Waals surface area contributed by atoms with E-state index >= 15 is 0 Å². The number of nitrogens with zero attached hydrogens (tertiary/aromatic N) is 3. The molecule has 6 nitrogen and oxygen atoms in total. The van der Waals surface area contributed by atoms with Crippen molar-refractivity contribution in [3.05, 3.63) is 59.4 Å². The van der Waals surface area contributed by atoms with E-state index in [2.05, 4.69) is 16.6 Å². The number of phenolic OH excluding ortho intramolecular Hbond substituents is 1. The standard InChI is InChI=1S/C19H23N3O3/c1-3-10-22-17-9-11-21(12-14-5-7-15(23)8-6-14)13-16(17)18(20-22)19(24)25-4-2/h3,5-8,23H,1,4,9-13H2,2H3. The number of hydrogen-bond donors (Lipinski definition) is 1. The van der Waals surface area contributed by atoms with Gasteiger partial charge in [-0.1, -0.05) is 18.2 Å². The lowest BCUT2D eigenvalue weighted by Gasteiger charge is -2.27. The highest BCUT2D eigenvalue weighted by Gasteiger charge is 2.28. The van der Waals surface area contributed by atoms with Crippen molar-refractivity contribution in [3.63, 3.8) is 0 Å². The van der Waals surface area contributed by atoms with Crippen molar-refractivity contribution in [1.82, 2.24) is 14.7 Å². The second-order valence-electron chi connectivity index (χ2n) is 6.09. The first kappa shape index (κ1) is 17.2. The number of aromatic nitrogens is 2. The Morgan fingerprint density at radius 2 is 2.16 bits per heavy atom. The van der Waals surface area contributed by atoms with Crippen LogP contribution < -0.4 is 0 Å². The zero-order chi connectivity index (χ0) is 17.8. The quantitative estimate of drug-likeness (QED) is 0.646. The van der Waals surface area contributed by atoms with Crippen LogP contribution in [-0.2, 0) is 30.8 Å². The fourth-order valence-electron chi connectivity index (χ4n) is 3.18. The van der Waals surface area contributed by atoms with E-state index in [4.69, 9.17) is 4.74 Å². The number of benzene rings is 1. The van der Waals surface area contributed by atoms with Crippen LogP contribution in [0.2, 0.25) is 0 Å². The maximum absolute atomic E-state index is 12.3. The molecule has 0 saturated carbocycles. The number of allylic oxidation sites excluding steroid dienone is 1. The summed E-state index contributed by atoms with van der Waals surface area (Å²) in [5.74, 6) is -0.104. The number of rotatable bonds is 6. The lowest BCUT2D eigenvalue weighted by atomic mass is 10.0. The van der Waals surface area contributed by atoms with E-state index in [1.54, 1.807) is 25.1 Å². The van der Waals surface area contributed by atoms with Crippen LogP contribution in [0.25, 0.3) is 0 Å². The van der Waals surface area contributed by atoms with Crippen LogP contribution in [0.3, 0.4) is 0 Å². The Morgan fingerprint density at radius 3 is 2.84 bits per heavy atom. The summed E-state index contributed by atoms with van der Waals surface area (Å²) >= 11 is 0. The fraction of sp³-hybridized carbons (Fsp3) is 0.368. The Labute approximate surface area is 147 Å². The fourth-order valence-corrected chi connectivity index (χ4v) is 3.18. The van der Waals surface area contributed by atoms with Crippen molar-refractivity contribution in [2.45, 2.75) is 33.0 Å². The van der Waals surface area contributed by atoms with E-state index in [0.29, 0.717) is 25.4 Å². The van der Waals surface area contributed by atoms with Gasteiger partial charge in [0.25, 0.3) is 0 Å². The average molecular weight is 341 g/mol. The minimum atomic E-state index is -0.368. The molecule has 132 valence electrons. The summed E-state index contributed by atoms with van der Waals surface area (Å²) in [5.41, 5.74) is 3.57. The van der Waals surface area contributed by atoms with Gasteiger partial charge in [0.2, 0.25) is 0 Å². The number of fused-ring (bicyclic) bond motifs is 1. The third-order valence-corrected chi connectivity index (χ3v) is 4.33. The van der Waals surface area contributed by atoms with Gasteiger partial charge in [-0.3, -0.25) is 9.58 Å². The van der Waals surface area contributed by atoms with E-state index in [9.17, 15) is 9.90 Å². The van der Waals surface area contributed by atoms with Crippen molar-refractivity contribution in [2.24, 2.45) is 0 Å². The maximum Gasteiger partial charge on any atom is 0.359 e. The zero-order valence-electron chi connectivity index (χ0n) is 14.4. The molecule has 25 heavy (non-hydrogen) atoms. The van der Waals surface area contributed by atoms with Crippen LogP contribution in [0, 0.1) is 0 Å². The number of carbonyl (C=O) groups is 1. The number of aromatic hydroxyl groups is 1. The summed E-state index contributed by atoms with van der Waals surface area (Å²) in [5, 5.41) is 13.9. The average Bonchev–Trinajstić information content (AvgIpc) is 2.96. The highest BCUT2D eigenvalue weighted by molar-refractivity contribution is 5.89. The van der Waals surface area contributed by atoms with Crippen molar-refractivity contribution in [2.75, 3.05) is 13.2 Å². The predicted octanol–water partition coefficient (Wildman–Crippen LogP) is 2.51. The molecule has 0 fully saturated rings. The summed E-state index contributed by atoms with van der Waals surface area (Å²) in [6.45, 7) is 8.78. The predicted molar refractivity (Wildman–Crippen MR) is 94.3 cm³/mol. The molecule has 3 rings (SSSR count). The molecule has 1 aliphatic rings. The van der Waals surface area contributed by atoms with Gasteiger partial charge in [-0.2, -0.15) is 5.10 Å². The monoisotopic (exact) mass is 341 g/mol. The first-order valence-corrected chi connectivity index (χ1v) is 8.49. The number of ether oxygens (including phenoxy) is 1. The molecular formula is C19H23N3O3. The number of carbonyl (C=O) groups excluding carboxylic acids is 1. The van der Waals surface area contributed by atoms with Crippen LogP contribution >= 0.6 is 0 Å². The van der Waals surface area contributed by atoms with E-state index < -0.39 is 0 Å². The van der Waals surface area contributed by atoms with Gasteiger partial charge in [-0.15, -0.1) is 6.58 Å². The smallest absolute Gasteiger partial charge is 0.359 e. The van der Waals surface area contributed by atoms with Crippen LogP contribution in [0.5, 0.6) is 5.75 Å². The number of phenols is 1. The molecule has 1 aromatic heterocycles. The van der Waals surface area contributed by atoms with Gasteiger partial charge >= 0.3 is 5.97 Å². The molecule has 0 unspecified atom stereocenters. The molecule has 0 radical (unpaired) electrons. The highest BCUT2D eigenvalue weighted by atomic mass is 16.5. The second-order valence-corrected chi connectivity index (χ2v) is 6.09. The van der Waals surface area contributed by atoms with Crippen molar-refractivity contribution < 1.29 is 14.6 Å². The summed E-state index contributed by atoms with van der Waals surface area (Å²) in [7, 11) is 0. The van der Waals surface area contributed by atoms with Crippen LogP contribution in [0.4, 0.5) is 0 Å². The minimum absolute atomic E-state index is 0.264. The molecular weight excluding hydrogens is 318 g/mol. The zero-order valence-corrected chi connectivity index (χ0v) is 14.4. The normalized spacial score (nSPS) is 14.1. The molecule has 0 spiro atoms. The summed E-state index contributed by atoms with van der Waals surface area (Å²) in [6, 6.07) is 7.21. The van der Waals surface area contributed by atoms with Crippen molar-refractivity contribution >= 4 is 5.97 Å². The number of hydrogen-bond acceptors (Lipinski definition) is 5. The molecule has 1 aliphatic heterocycles. The SMILES string of the molecule is C=CCn1nc(C(=O)OCC)c2c1CCN(Cc1ccc(O)cc1)C2. The van der Waals surface area contributed by atoms with Gasteiger partial charge in [-0.05, 0) is 24.6 Å². The molecule has 1 aromatic carbocycles. The highest BCUT2D eigenvalue weighted by Crippen LogP contribution is 2.25. The Hall–Kier alpha value is -2.60. The summed E-state index contributed by atoms with van der Waals surface area (Å²) in [4.78, 5) is 14.5.